The van der Waals surface area contributed by atoms with Crippen molar-refractivity contribution in [3.63, 3.8) is 0 Å². The maximum atomic E-state index is 12.3. The predicted molar refractivity (Wildman–Crippen MR) is 75.2 cm³/mol. The molecule has 7 heteroatoms. The third-order valence-electron chi connectivity index (χ3n) is 2.79. The molecule has 5 N–H and O–H groups in total. The summed E-state index contributed by atoms with van der Waals surface area (Å²) in [7, 11) is -3.92. The predicted octanol–water partition coefficient (Wildman–Crippen LogP) is 0.652. The fraction of sp³-hybridized carbons (Fsp3) is 0. The first-order valence-electron chi connectivity index (χ1n) is 5.68. The van der Waals surface area contributed by atoms with E-state index in [0.717, 1.165) is 0 Å². The average Bonchev–Trinajstić information content (AvgIpc) is 2.47. The van der Waals surface area contributed by atoms with Crippen LogP contribution >= 0.6 is 0 Å². The average molecular weight is 291 g/mol. The number of hydrazine groups is 1. The molecule has 0 aliphatic rings. The number of sulfonamides is 1. The van der Waals surface area contributed by atoms with Gasteiger partial charge in [0.05, 0.1) is 5.69 Å². The lowest BCUT2D eigenvalue weighted by molar-refractivity contribution is 0.103. The second-order valence-corrected chi connectivity index (χ2v) is 5.72. The van der Waals surface area contributed by atoms with Gasteiger partial charge in [-0.2, -0.15) is 0 Å². The molecule has 0 saturated carbocycles. The topological polar surface area (TPSA) is 115 Å². The minimum absolute atomic E-state index is 0.118. The summed E-state index contributed by atoms with van der Waals surface area (Å²) in [5.41, 5.74) is 6.21. The van der Waals surface area contributed by atoms with Crippen molar-refractivity contribution in [3.8, 4) is 0 Å². The number of para-hydroxylation sites is 1. The summed E-state index contributed by atoms with van der Waals surface area (Å²) >= 11 is 0. The number of nitrogen functional groups attached to an aromatic ring is 1. The molecular weight excluding hydrogens is 278 g/mol. The molecule has 0 aliphatic heterocycles. The zero-order chi connectivity index (χ0) is 14.8. The number of benzene rings is 2. The first-order valence-corrected chi connectivity index (χ1v) is 7.16. The van der Waals surface area contributed by atoms with Gasteiger partial charge in [0.15, 0.2) is 5.78 Å². The Morgan fingerprint density at radius 3 is 2.25 bits per heavy atom. The van der Waals surface area contributed by atoms with Crippen molar-refractivity contribution >= 4 is 21.5 Å². The van der Waals surface area contributed by atoms with Crippen molar-refractivity contribution in [1.29, 1.82) is 0 Å². The van der Waals surface area contributed by atoms with Crippen molar-refractivity contribution in [2.45, 2.75) is 4.90 Å². The van der Waals surface area contributed by atoms with Crippen LogP contribution in [0.4, 0.5) is 5.69 Å². The van der Waals surface area contributed by atoms with Crippen LogP contribution in [0.15, 0.2) is 53.4 Å². The minimum atomic E-state index is -3.92. The SMILES string of the molecule is NNS(=O)(=O)c1cccc(C(=O)c2ccccc2)c1N. The van der Waals surface area contributed by atoms with Gasteiger partial charge in [-0.05, 0) is 12.1 Å². The molecule has 0 atom stereocenters. The van der Waals surface area contributed by atoms with Gasteiger partial charge >= 0.3 is 0 Å². The molecule has 0 aromatic heterocycles. The highest BCUT2D eigenvalue weighted by Gasteiger charge is 2.21. The van der Waals surface area contributed by atoms with Gasteiger partial charge in [0.2, 0.25) is 0 Å². The fourth-order valence-electron chi connectivity index (χ4n) is 1.78. The Labute approximate surface area is 116 Å². The van der Waals surface area contributed by atoms with Gasteiger partial charge in [0.25, 0.3) is 10.0 Å². The van der Waals surface area contributed by atoms with E-state index in [0.29, 0.717) is 5.56 Å². The van der Waals surface area contributed by atoms with Crippen LogP contribution in [0.2, 0.25) is 0 Å². The van der Waals surface area contributed by atoms with E-state index >= 15 is 0 Å². The number of carbonyl (C=O) groups is 1. The number of carbonyl (C=O) groups excluding carboxylic acids is 1. The molecule has 0 fully saturated rings. The zero-order valence-electron chi connectivity index (χ0n) is 10.4. The molecule has 0 bridgehead atoms. The van der Waals surface area contributed by atoms with E-state index in [2.05, 4.69) is 0 Å². The van der Waals surface area contributed by atoms with E-state index in [4.69, 9.17) is 11.6 Å². The summed E-state index contributed by atoms with van der Waals surface area (Å²) in [4.78, 5) is 13.8. The Balaban J connectivity index is 2.55. The van der Waals surface area contributed by atoms with Gasteiger partial charge in [0.1, 0.15) is 4.90 Å². The molecule has 2 aromatic rings. The van der Waals surface area contributed by atoms with Crippen LogP contribution < -0.4 is 16.4 Å². The lowest BCUT2D eigenvalue weighted by Crippen LogP contribution is -2.31. The fourth-order valence-corrected chi connectivity index (χ4v) is 2.57. The van der Waals surface area contributed by atoms with Crippen molar-refractivity contribution in [2.75, 3.05) is 5.73 Å². The molecule has 0 amide bonds. The summed E-state index contributed by atoms with van der Waals surface area (Å²) in [5.74, 6) is 4.62. The summed E-state index contributed by atoms with van der Waals surface area (Å²) in [6.07, 6.45) is 0. The molecule has 6 nitrogen and oxygen atoms in total. The smallest absolute Gasteiger partial charge is 0.255 e. The summed E-state index contributed by atoms with van der Waals surface area (Å²) in [6.45, 7) is 0. The van der Waals surface area contributed by atoms with Crippen LogP contribution in [-0.4, -0.2) is 14.2 Å². The molecule has 20 heavy (non-hydrogen) atoms. The Morgan fingerprint density at radius 1 is 1.00 bits per heavy atom. The Kier molecular flexibility index (Phi) is 3.84. The first kappa shape index (κ1) is 14.2. The second-order valence-electron chi connectivity index (χ2n) is 4.03. The van der Waals surface area contributed by atoms with Gasteiger partial charge in [0, 0.05) is 11.1 Å². The molecule has 0 spiro atoms. The maximum Gasteiger partial charge on any atom is 0.255 e. The molecule has 104 valence electrons. The van der Waals surface area contributed by atoms with Crippen LogP contribution in [0.25, 0.3) is 0 Å². The Morgan fingerprint density at radius 2 is 1.65 bits per heavy atom. The Hall–Kier alpha value is -2.22. The highest BCUT2D eigenvalue weighted by Crippen LogP contribution is 2.24. The van der Waals surface area contributed by atoms with E-state index in [1.807, 2.05) is 0 Å². The number of nitrogens with two attached hydrogens (primary N) is 2. The highest BCUT2D eigenvalue weighted by molar-refractivity contribution is 7.89. The molecule has 0 saturated heterocycles. The zero-order valence-corrected chi connectivity index (χ0v) is 11.2. The van der Waals surface area contributed by atoms with Crippen LogP contribution in [0.1, 0.15) is 15.9 Å². The maximum absolute atomic E-state index is 12.3. The van der Waals surface area contributed by atoms with Gasteiger partial charge in [-0.1, -0.05) is 36.4 Å². The van der Waals surface area contributed by atoms with Gasteiger partial charge < -0.3 is 5.73 Å². The molecule has 2 aromatic carbocycles. The van der Waals surface area contributed by atoms with E-state index in [-0.39, 0.29) is 21.9 Å². The van der Waals surface area contributed by atoms with Gasteiger partial charge in [-0.3, -0.25) is 10.6 Å². The minimum Gasteiger partial charge on any atom is -0.397 e. The van der Waals surface area contributed by atoms with E-state index in [1.165, 1.54) is 18.2 Å². The van der Waals surface area contributed by atoms with E-state index < -0.39 is 10.0 Å². The monoisotopic (exact) mass is 291 g/mol. The number of nitrogens with one attached hydrogen (secondary N) is 1. The lowest BCUT2D eigenvalue weighted by atomic mass is 10.0. The number of hydrogen-bond donors (Lipinski definition) is 3. The van der Waals surface area contributed by atoms with Crippen molar-refractivity contribution in [2.24, 2.45) is 5.84 Å². The highest BCUT2D eigenvalue weighted by atomic mass is 32.2. The third kappa shape index (κ3) is 2.55. The van der Waals surface area contributed by atoms with Gasteiger partial charge in [-0.25, -0.2) is 8.42 Å². The molecule has 0 heterocycles. The standard InChI is InChI=1S/C13H13N3O3S/c14-12-10(13(17)9-5-2-1-3-6-9)7-4-8-11(12)20(18,19)16-15/h1-8,16H,14-15H2. The van der Waals surface area contributed by atoms with Crippen LogP contribution in [-0.2, 0) is 10.0 Å². The second kappa shape index (κ2) is 5.41. The normalized spacial score (nSPS) is 11.2. The third-order valence-corrected chi connectivity index (χ3v) is 4.04. The first-order chi connectivity index (χ1) is 9.47. The van der Waals surface area contributed by atoms with E-state index in [1.54, 1.807) is 35.2 Å². The van der Waals surface area contributed by atoms with Crippen LogP contribution in [0.3, 0.4) is 0 Å². The number of hydrogen-bond acceptors (Lipinski definition) is 5. The molecule has 2 rings (SSSR count). The molecule has 0 radical (unpaired) electrons. The summed E-state index contributed by atoms with van der Waals surface area (Å²) < 4.78 is 23.4. The lowest BCUT2D eigenvalue weighted by Gasteiger charge is -2.10. The number of anilines is 1. The molecule has 0 unspecified atom stereocenters. The van der Waals surface area contributed by atoms with Crippen molar-refractivity contribution in [3.05, 3.63) is 59.7 Å². The van der Waals surface area contributed by atoms with E-state index in [9.17, 15) is 13.2 Å². The van der Waals surface area contributed by atoms with Gasteiger partial charge in [-0.15, -0.1) is 4.83 Å². The van der Waals surface area contributed by atoms with Crippen molar-refractivity contribution in [1.82, 2.24) is 4.83 Å². The largest absolute Gasteiger partial charge is 0.397 e. The van der Waals surface area contributed by atoms with Crippen molar-refractivity contribution < 1.29 is 13.2 Å². The number of ketones is 1. The van der Waals surface area contributed by atoms with Crippen LogP contribution in [0, 0.1) is 0 Å². The Bertz CT molecular complexity index is 743. The summed E-state index contributed by atoms with van der Waals surface area (Å²) in [5, 5.41) is 0. The molecule has 0 aliphatic carbocycles. The van der Waals surface area contributed by atoms with Crippen LogP contribution in [0.5, 0.6) is 0 Å². The quantitative estimate of drug-likeness (QED) is 0.331. The summed E-state index contributed by atoms with van der Waals surface area (Å²) in [6, 6.07) is 12.7. The number of rotatable bonds is 4. The molecular formula is C13H13N3O3S.